The summed E-state index contributed by atoms with van der Waals surface area (Å²) in [5.41, 5.74) is 2.24. The number of rotatable bonds is 3. The maximum absolute atomic E-state index is 10.1. The molecule has 1 unspecified atom stereocenters. The van der Waals surface area contributed by atoms with Gasteiger partial charge < -0.3 is 9.84 Å². The molecule has 0 aliphatic rings. The molecule has 94 valence electrons. The van der Waals surface area contributed by atoms with Crippen molar-refractivity contribution in [3.63, 3.8) is 0 Å². The number of ether oxygens (including phenoxy) is 1. The molecule has 1 aromatic carbocycles. The summed E-state index contributed by atoms with van der Waals surface area (Å²) in [5, 5.41) is 10.1. The van der Waals surface area contributed by atoms with E-state index >= 15 is 0 Å². The molecule has 0 fully saturated rings. The summed E-state index contributed by atoms with van der Waals surface area (Å²) in [4.78, 5) is 0. The lowest BCUT2D eigenvalue weighted by atomic mass is 9.86. The van der Waals surface area contributed by atoms with Crippen LogP contribution >= 0.6 is 0 Å². The van der Waals surface area contributed by atoms with Crippen LogP contribution in [-0.4, -0.2) is 12.2 Å². The Hall–Kier alpha value is -1.28. The van der Waals surface area contributed by atoms with Crippen molar-refractivity contribution in [3.8, 4) is 0 Å². The highest BCUT2D eigenvalue weighted by Gasteiger charge is 2.16. The largest absolute Gasteiger partial charge is 0.498 e. The highest BCUT2D eigenvalue weighted by molar-refractivity contribution is 5.31. The molecule has 0 bridgehead atoms. The van der Waals surface area contributed by atoms with E-state index in [4.69, 9.17) is 4.74 Å². The molecule has 2 nitrogen and oxygen atoms in total. The molecule has 0 saturated heterocycles. The van der Waals surface area contributed by atoms with E-state index in [-0.39, 0.29) is 5.41 Å². The second-order valence-electron chi connectivity index (χ2n) is 5.17. The Kier molecular flexibility index (Phi) is 4.35. The fourth-order valence-corrected chi connectivity index (χ4v) is 1.72. The third-order valence-electron chi connectivity index (χ3n) is 2.88. The van der Waals surface area contributed by atoms with Gasteiger partial charge in [0.2, 0.25) is 0 Å². The molecule has 0 heterocycles. The molecule has 0 aliphatic carbocycles. The van der Waals surface area contributed by atoms with Crippen LogP contribution in [0.25, 0.3) is 0 Å². The summed E-state index contributed by atoms with van der Waals surface area (Å²) < 4.78 is 5.12. The first-order valence-corrected chi connectivity index (χ1v) is 5.89. The normalized spacial score (nSPS) is 14.6. The summed E-state index contributed by atoms with van der Waals surface area (Å²) in [5.74, 6) is 0.577. The van der Waals surface area contributed by atoms with E-state index in [0.29, 0.717) is 5.76 Å². The molecule has 0 amide bonds. The molecule has 1 atom stereocenters. The van der Waals surface area contributed by atoms with Gasteiger partial charge in [0.15, 0.2) is 0 Å². The third-order valence-corrected chi connectivity index (χ3v) is 2.88. The predicted octanol–water partition coefficient (Wildman–Crippen LogP) is 3.57. The number of hydrogen-bond donors (Lipinski definition) is 1. The van der Waals surface area contributed by atoms with Crippen LogP contribution in [0.3, 0.4) is 0 Å². The Labute approximate surface area is 104 Å². The van der Waals surface area contributed by atoms with Crippen molar-refractivity contribution < 1.29 is 9.84 Å². The number of benzene rings is 1. The molecule has 1 N–H and O–H groups in total. The van der Waals surface area contributed by atoms with Crippen LogP contribution in [0.15, 0.2) is 36.1 Å². The molecule has 0 spiro atoms. The van der Waals surface area contributed by atoms with Crippen molar-refractivity contribution in [3.05, 3.63) is 47.2 Å². The molecule has 1 aromatic rings. The van der Waals surface area contributed by atoms with Crippen LogP contribution < -0.4 is 0 Å². The lowest BCUT2D eigenvalue weighted by Gasteiger charge is -2.20. The van der Waals surface area contributed by atoms with Gasteiger partial charge in [-0.1, -0.05) is 45.0 Å². The van der Waals surface area contributed by atoms with Crippen molar-refractivity contribution in [2.24, 2.45) is 0 Å². The predicted molar refractivity (Wildman–Crippen MR) is 70.9 cm³/mol. The standard InChI is InChI=1S/C15H22O2/c1-6-13(17-5)14(16)11-7-9-12(10-8-11)15(2,3)4/h6-10,14,16H,1-5H3/b13-6+. The van der Waals surface area contributed by atoms with Gasteiger partial charge in [0.25, 0.3) is 0 Å². The number of aliphatic hydroxyl groups is 1. The maximum Gasteiger partial charge on any atom is 0.136 e. The minimum atomic E-state index is -0.681. The first-order valence-electron chi connectivity index (χ1n) is 5.89. The number of hydrogen-bond acceptors (Lipinski definition) is 2. The highest BCUT2D eigenvalue weighted by Crippen LogP contribution is 2.26. The zero-order chi connectivity index (χ0) is 13.1. The first kappa shape index (κ1) is 13.8. The van der Waals surface area contributed by atoms with Gasteiger partial charge >= 0.3 is 0 Å². The van der Waals surface area contributed by atoms with E-state index in [0.717, 1.165) is 5.56 Å². The molecule has 2 heteroatoms. The van der Waals surface area contributed by atoms with Gasteiger partial charge in [0, 0.05) is 0 Å². The monoisotopic (exact) mass is 234 g/mol. The zero-order valence-electron chi connectivity index (χ0n) is 11.3. The number of allylic oxidation sites excluding steroid dienone is 1. The van der Waals surface area contributed by atoms with Crippen molar-refractivity contribution in [1.29, 1.82) is 0 Å². The average molecular weight is 234 g/mol. The van der Waals surface area contributed by atoms with Crippen molar-refractivity contribution in [2.75, 3.05) is 7.11 Å². The van der Waals surface area contributed by atoms with Gasteiger partial charge in [-0.2, -0.15) is 0 Å². The molecule has 17 heavy (non-hydrogen) atoms. The Morgan fingerprint density at radius 2 is 1.76 bits per heavy atom. The molecule has 0 saturated carbocycles. The number of methoxy groups -OCH3 is 1. The first-order chi connectivity index (χ1) is 7.90. The quantitative estimate of drug-likeness (QED) is 0.810. The van der Waals surface area contributed by atoms with Gasteiger partial charge in [-0.25, -0.2) is 0 Å². The van der Waals surface area contributed by atoms with Crippen LogP contribution in [-0.2, 0) is 10.2 Å². The van der Waals surface area contributed by atoms with E-state index in [2.05, 4.69) is 32.9 Å². The van der Waals surface area contributed by atoms with Crippen molar-refractivity contribution >= 4 is 0 Å². The second-order valence-corrected chi connectivity index (χ2v) is 5.17. The average Bonchev–Trinajstić information content (AvgIpc) is 2.29. The van der Waals surface area contributed by atoms with Gasteiger partial charge in [-0.05, 0) is 29.5 Å². The summed E-state index contributed by atoms with van der Waals surface area (Å²) in [6, 6.07) is 8.02. The minimum Gasteiger partial charge on any atom is -0.498 e. The van der Waals surface area contributed by atoms with E-state index in [1.54, 1.807) is 13.2 Å². The topological polar surface area (TPSA) is 29.5 Å². The smallest absolute Gasteiger partial charge is 0.136 e. The summed E-state index contributed by atoms with van der Waals surface area (Å²) in [7, 11) is 1.57. The van der Waals surface area contributed by atoms with E-state index in [9.17, 15) is 5.11 Å². The van der Waals surface area contributed by atoms with Crippen LogP contribution in [0.4, 0.5) is 0 Å². The summed E-state index contributed by atoms with van der Waals surface area (Å²) in [6.45, 7) is 8.37. The lowest BCUT2D eigenvalue weighted by molar-refractivity contribution is 0.129. The minimum absolute atomic E-state index is 0.133. The van der Waals surface area contributed by atoms with Crippen LogP contribution in [0, 0.1) is 0 Å². The zero-order valence-corrected chi connectivity index (χ0v) is 11.3. The SMILES string of the molecule is C/C=C(/OC)C(O)c1ccc(C(C)(C)C)cc1. The van der Waals surface area contributed by atoms with Crippen LogP contribution in [0.1, 0.15) is 44.9 Å². The fourth-order valence-electron chi connectivity index (χ4n) is 1.72. The summed E-state index contributed by atoms with van der Waals surface area (Å²) >= 11 is 0. The van der Waals surface area contributed by atoms with Crippen LogP contribution in [0.5, 0.6) is 0 Å². The van der Waals surface area contributed by atoms with Crippen molar-refractivity contribution in [2.45, 2.75) is 39.2 Å². The Morgan fingerprint density at radius 3 is 2.12 bits per heavy atom. The molecule has 1 rings (SSSR count). The second kappa shape index (κ2) is 5.37. The lowest BCUT2D eigenvalue weighted by Crippen LogP contribution is -2.11. The molecule has 0 aliphatic heterocycles. The molecule has 0 radical (unpaired) electrons. The van der Waals surface area contributed by atoms with Crippen molar-refractivity contribution in [1.82, 2.24) is 0 Å². The van der Waals surface area contributed by atoms with Gasteiger partial charge in [-0.15, -0.1) is 0 Å². The van der Waals surface area contributed by atoms with E-state index < -0.39 is 6.10 Å². The molecular formula is C15H22O2. The number of aliphatic hydroxyl groups excluding tert-OH is 1. The van der Waals surface area contributed by atoms with Gasteiger partial charge in [0.1, 0.15) is 11.9 Å². The van der Waals surface area contributed by atoms with E-state index in [1.165, 1.54) is 5.56 Å². The van der Waals surface area contributed by atoms with Crippen LogP contribution in [0.2, 0.25) is 0 Å². The molecular weight excluding hydrogens is 212 g/mol. The van der Waals surface area contributed by atoms with Gasteiger partial charge in [0.05, 0.1) is 7.11 Å². The highest BCUT2D eigenvalue weighted by atomic mass is 16.5. The van der Waals surface area contributed by atoms with Gasteiger partial charge in [-0.3, -0.25) is 0 Å². The Balaban J connectivity index is 2.95. The van der Waals surface area contributed by atoms with E-state index in [1.807, 2.05) is 19.1 Å². The molecule has 0 aromatic heterocycles. The Morgan fingerprint density at radius 1 is 1.24 bits per heavy atom. The maximum atomic E-state index is 10.1. The third kappa shape index (κ3) is 3.34. The fraction of sp³-hybridized carbons (Fsp3) is 0.467. The summed E-state index contributed by atoms with van der Waals surface area (Å²) in [6.07, 6.45) is 1.10. The Bertz CT molecular complexity index is 382.